The predicted molar refractivity (Wildman–Crippen MR) is 103 cm³/mol. The number of ether oxygens (including phenoxy) is 1. The highest BCUT2D eigenvalue weighted by atomic mass is 19.4. The normalized spacial score (nSPS) is 25.3. The van der Waals surface area contributed by atoms with E-state index in [1.807, 2.05) is 0 Å². The lowest BCUT2D eigenvalue weighted by atomic mass is 9.85. The van der Waals surface area contributed by atoms with Gasteiger partial charge in [0, 0.05) is 30.0 Å². The summed E-state index contributed by atoms with van der Waals surface area (Å²) in [4.78, 5) is 26.8. The number of nitrogens with zero attached hydrogens (tertiary/aromatic N) is 1. The molecule has 160 valence electrons. The van der Waals surface area contributed by atoms with Gasteiger partial charge in [-0.3, -0.25) is 9.59 Å². The number of rotatable bonds is 8. The fourth-order valence-corrected chi connectivity index (χ4v) is 4.51. The van der Waals surface area contributed by atoms with Crippen LogP contribution in [0.4, 0.5) is 13.2 Å². The van der Waals surface area contributed by atoms with Gasteiger partial charge >= 0.3 is 6.18 Å². The summed E-state index contributed by atoms with van der Waals surface area (Å²) in [5.41, 5.74) is 0.329. The average Bonchev–Trinajstić information content (AvgIpc) is 3.33. The Kier molecular flexibility index (Phi) is 6.98. The Morgan fingerprint density at radius 2 is 1.76 bits per heavy atom. The molecule has 0 aromatic heterocycles. The van der Waals surface area contributed by atoms with Crippen LogP contribution in [0.2, 0.25) is 0 Å². The maximum absolute atomic E-state index is 12.8. The van der Waals surface area contributed by atoms with Crippen LogP contribution in [0.5, 0.6) is 5.75 Å². The zero-order chi connectivity index (χ0) is 21.0. The number of ketones is 2. The summed E-state index contributed by atoms with van der Waals surface area (Å²) in [6, 6.07) is 7.12. The molecule has 7 heteroatoms. The molecule has 2 fully saturated rings. The SMILES string of the molecule is C[C@@H]1CCCN1CCCOc1ccc(C(=O)[C@H]2CCCC2C(=O)C(F)(F)F)cc1. The maximum atomic E-state index is 12.8. The summed E-state index contributed by atoms with van der Waals surface area (Å²) >= 11 is 0. The van der Waals surface area contributed by atoms with E-state index in [1.165, 1.54) is 12.8 Å². The lowest BCUT2D eigenvalue weighted by molar-refractivity contribution is -0.176. The molecule has 0 radical (unpaired) electrons. The molecule has 1 aliphatic heterocycles. The Balaban J connectivity index is 1.51. The standard InChI is InChI=1S/C22H28F3NO3/c1-15-5-3-12-26(15)13-4-14-29-17-10-8-16(9-11-17)20(27)18-6-2-7-19(18)21(28)22(23,24)25/h8-11,15,18-19H,2-7,12-14H2,1H3/t15-,18+,19?/m1/s1. The van der Waals surface area contributed by atoms with E-state index in [-0.39, 0.29) is 12.2 Å². The highest BCUT2D eigenvalue weighted by Gasteiger charge is 2.49. The Morgan fingerprint density at radius 1 is 1.07 bits per heavy atom. The molecule has 0 amide bonds. The smallest absolute Gasteiger partial charge is 0.450 e. The minimum absolute atomic E-state index is 0.117. The zero-order valence-corrected chi connectivity index (χ0v) is 16.7. The Bertz CT molecular complexity index is 717. The van der Waals surface area contributed by atoms with Crippen LogP contribution in [0.1, 0.15) is 55.8 Å². The van der Waals surface area contributed by atoms with Gasteiger partial charge in [0.25, 0.3) is 0 Å². The third kappa shape index (κ3) is 5.38. The number of carbonyl (C=O) groups excluding carboxylic acids is 2. The van der Waals surface area contributed by atoms with Crippen molar-refractivity contribution in [1.82, 2.24) is 4.90 Å². The monoisotopic (exact) mass is 411 g/mol. The molecule has 1 unspecified atom stereocenters. The molecule has 0 bridgehead atoms. The quantitative estimate of drug-likeness (QED) is 0.461. The molecule has 29 heavy (non-hydrogen) atoms. The summed E-state index contributed by atoms with van der Waals surface area (Å²) in [5.74, 6) is -3.68. The van der Waals surface area contributed by atoms with Crippen LogP contribution >= 0.6 is 0 Å². The maximum Gasteiger partial charge on any atom is 0.450 e. The lowest BCUT2D eigenvalue weighted by Crippen LogP contribution is -2.35. The number of Topliss-reactive ketones (excluding diaryl/α,β-unsaturated/α-hetero) is 2. The number of alkyl halides is 3. The molecule has 3 atom stereocenters. The predicted octanol–water partition coefficient (Wildman–Crippen LogP) is 4.67. The zero-order valence-electron chi connectivity index (χ0n) is 16.7. The van der Waals surface area contributed by atoms with Crippen LogP contribution in [0, 0.1) is 11.8 Å². The Morgan fingerprint density at radius 3 is 2.38 bits per heavy atom. The number of carbonyl (C=O) groups is 2. The first-order valence-electron chi connectivity index (χ1n) is 10.4. The van der Waals surface area contributed by atoms with E-state index in [0.29, 0.717) is 36.8 Å². The highest BCUT2D eigenvalue weighted by Crippen LogP contribution is 2.38. The molecule has 0 N–H and O–H groups in total. The van der Waals surface area contributed by atoms with Crippen LogP contribution in [0.3, 0.4) is 0 Å². The van der Waals surface area contributed by atoms with Crippen LogP contribution in [0.15, 0.2) is 24.3 Å². The second-order valence-electron chi connectivity index (χ2n) is 8.12. The van der Waals surface area contributed by atoms with Gasteiger partial charge in [0.2, 0.25) is 5.78 Å². The minimum Gasteiger partial charge on any atom is -0.494 e. The largest absolute Gasteiger partial charge is 0.494 e. The van der Waals surface area contributed by atoms with E-state index in [0.717, 1.165) is 19.5 Å². The van der Waals surface area contributed by atoms with Gasteiger partial charge in [-0.15, -0.1) is 0 Å². The van der Waals surface area contributed by atoms with Gasteiger partial charge in [0.05, 0.1) is 6.61 Å². The van der Waals surface area contributed by atoms with Crippen LogP contribution in [-0.2, 0) is 4.79 Å². The molecule has 4 nitrogen and oxygen atoms in total. The van der Waals surface area contributed by atoms with E-state index in [9.17, 15) is 22.8 Å². The number of benzene rings is 1. The van der Waals surface area contributed by atoms with E-state index in [4.69, 9.17) is 4.74 Å². The molecule has 0 spiro atoms. The molecular formula is C22H28F3NO3. The summed E-state index contributed by atoms with van der Waals surface area (Å²) in [6.45, 7) is 4.94. The first-order chi connectivity index (χ1) is 13.8. The molecule has 1 aromatic carbocycles. The first kappa shape index (κ1) is 21.8. The van der Waals surface area contributed by atoms with Crippen molar-refractivity contribution in [3.8, 4) is 5.75 Å². The van der Waals surface area contributed by atoms with Crippen LogP contribution in [-0.4, -0.2) is 48.4 Å². The first-order valence-corrected chi connectivity index (χ1v) is 10.4. The number of halogens is 3. The second-order valence-corrected chi connectivity index (χ2v) is 8.12. The topological polar surface area (TPSA) is 46.6 Å². The molecule has 1 saturated heterocycles. The highest BCUT2D eigenvalue weighted by molar-refractivity contribution is 6.02. The summed E-state index contributed by atoms with van der Waals surface area (Å²) < 4.78 is 44.1. The number of hydrogen-bond acceptors (Lipinski definition) is 4. The van der Waals surface area contributed by atoms with Crippen LogP contribution in [0.25, 0.3) is 0 Å². The van der Waals surface area contributed by atoms with Crippen molar-refractivity contribution in [2.45, 2.75) is 57.7 Å². The summed E-state index contributed by atoms with van der Waals surface area (Å²) in [5, 5.41) is 0. The van der Waals surface area contributed by atoms with Crippen molar-refractivity contribution in [2.24, 2.45) is 11.8 Å². The van der Waals surface area contributed by atoms with E-state index in [2.05, 4.69) is 11.8 Å². The second kappa shape index (κ2) is 9.28. The van der Waals surface area contributed by atoms with Crippen molar-refractivity contribution in [3.05, 3.63) is 29.8 Å². The summed E-state index contributed by atoms with van der Waals surface area (Å²) in [6.07, 6.45) is -0.600. The van der Waals surface area contributed by atoms with E-state index >= 15 is 0 Å². The Hall–Kier alpha value is -1.89. The third-order valence-corrected chi connectivity index (χ3v) is 6.16. The molecule has 1 aliphatic carbocycles. The fourth-order valence-electron chi connectivity index (χ4n) is 4.51. The van der Waals surface area contributed by atoms with Crippen molar-refractivity contribution in [2.75, 3.05) is 19.7 Å². The molecular weight excluding hydrogens is 383 g/mol. The van der Waals surface area contributed by atoms with Gasteiger partial charge in [-0.05, 0) is 69.8 Å². The van der Waals surface area contributed by atoms with Crippen molar-refractivity contribution >= 4 is 11.6 Å². The summed E-state index contributed by atoms with van der Waals surface area (Å²) in [7, 11) is 0. The van der Waals surface area contributed by atoms with Gasteiger partial charge < -0.3 is 9.64 Å². The van der Waals surface area contributed by atoms with Gasteiger partial charge in [0.1, 0.15) is 5.75 Å². The third-order valence-electron chi connectivity index (χ3n) is 6.16. The number of likely N-dealkylation sites (tertiary alicyclic amines) is 1. The van der Waals surface area contributed by atoms with Crippen molar-refractivity contribution in [1.29, 1.82) is 0 Å². The fraction of sp³-hybridized carbons (Fsp3) is 0.636. The van der Waals surface area contributed by atoms with Gasteiger partial charge in [-0.1, -0.05) is 6.42 Å². The Labute approximate surface area is 169 Å². The average molecular weight is 411 g/mol. The van der Waals surface area contributed by atoms with E-state index in [1.54, 1.807) is 24.3 Å². The van der Waals surface area contributed by atoms with Gasteiger partial charge in [0.15, 0.2) is 5.78 Å². The molecule has 1 aromatic rings. The van der Waals surface area contributed by atoms with Crippen molar-refractivity contribution < 1.29 is 27.5 Å². The molecule has 2 aliphatic rings. The molecule has 1 saturated carbocycles. The van der Waals surface area contributed by atoms with Crippen LogP contribution < -0.4 is 4.74 Å². The van der Waals surface area contributed by atoms with Gasteiger partial charge in [-0.2, -0.15) is 13.2 Å². The van der Waals surface area contributed by atoms with Crippen molar-refractivity contribution in [3.63, 3.8) is 0 Å². The number of hydrogen-bond donors (Lipinski definition) is 0. The van der Waals surface area contributed by atoms with E-state index < -0.39 is 23.8 Å². The molecule has 1 heterocycles. The minimum atomic E-state index is -4.89. The molecule has 3 rings (SSSR count). The lowest BCUT2D eigenvalue weighted by Gasteiger charge is -2.20. The van der Waals surface area contributed by atoms with Gasteiger partial charge in [-0.25, -0.2) is 0 Å².